The summed E-state index contributed by atoms with van der Waals surface area (Å²) in [5.41, 5.74) is 9.70. The predicted octanol–water partition coefficient (Wildman–Crippen LogP) is 10.9. The Kier molecular flexibility index (Phi) is 5.79. The Balaban J connectivity index is 1.23. The lowest BCUT2D eigenvalue weighted by Crippen LogP contribution is -2.09. The minimum absolute atomic E-state index is 0.843. The first kappa shape index (κ1) is 24.2. The molecule has 3 heteroatoms. The molecule has 42 heavy (non-hydrogen) atoms. The maximum atomic E-state index is 6.10. The van der Waals surface area contributed by atoms with Crippen molar-refractivity contribution in [3.05, 3.63) is 158 Å². The van der Waals surface area contributed by atoms with Crippen LogP contribution >= 0.6 is 0 Å². The lowest BCUT2D eigenvalue weighted by molar-refractivity contribution is 0.668. The zero-order valence-corrected chi connectivity index (χ0v) is 22.8. The molecule has 8 aromatic rings. The van der Waals surface area contributed by atoms with E-state index in [4.69, 9.17) is 4.42 Å². The topological polar surface area (TPSA) is 29.3 Å². The van der Waals surface area contributed by atoms with Gasteiger partial charge in [0, 0.05) is 40.2 Å². The highest BCUT2D eigenvalue weighted by Crippen LogP contribution is 2.39. The summed E-state index contributed by atoms with van der Waals surface area (Å²) in [7, 11) is 0. The smallest absolute Gasteiger partial charge is 0.138 e. The van der Waals surface area contributed by atoms with Crippen LogP contribution in [0.25, 0.3) is 55.0 Å². The molecule has 0 saturated heterocycles. The molecule has 0 radical (unpaired) electrons. The molecular weight excluding hydrogens is 512 g/mol. The van der Waals surface area contributed by atoms with Crippen molar-refractivity contribution in [2.24, 2.45) is 0 Å². The van der Waals surface area contributed by atoms with Crippen LogP contribution in [0.5, 0.6) is 0 Å². The number of hydrogen-bond acceptors (Lipinski definition) is 3. The van der Waals surface area contributed by atoms with Crippen molar-refractivity contribution in [1.82, 2.24) is 4.98 Å². The SMILES string of the molecule is c1ccc(-c2ccc(N(c3ccc(-c4ccc5ccccc5c4)cc3)c3ccc4oc5ccncc5c4c3)cc2)cc1. The maximum Gasteiger partial charge on any atom is 0.138 e. The minimum Gasteiger partial charge on any atom is -0.456 e. The molecule has 0 bridgehead atoms. The standard InChI is InChI=1S/C39H26N2O/c1-2-6-27(7-3-1)29-12-16-33(17-13-29)41(35-20-21-38-36(25-35)37-26-40-23-22-39(37)42-38)34-18-14-30(15-19-34)32-11-10-28-8-4-5-9-31(28)24-32/h1-26H. The molecular formula is C39H26N2O. The van der Waals surface area contributed by atoms with E-state index in [2.05, 4.69) is 143 Å². The van der Waals surface area contributed by atoms with E-state index >= 15 is 0 Å². The van der Waals surface area contributed by atoms with Gasteiger partial charge in [-0.05, 0) is 87.6 Å². The quantitative estimate of drug-likeness (QED) is 0.218. The third-order valence-electron chi connectivity index (χ3n) is 7.95. The number of anilines is 3. The van der Waals surface area contributed by atoms with Crippen molar-refractivity contribution in [3.8, 4) is 22.3 Å². The first-order valence-corrected chi connectivity index (χ1v) is 14.1. The zero-order chi connectivity index (χ0) is 27.9. The molecule has 6 aromatic carbocycles. The Morgan fingerprint density at radius 3 is 1.79 bits per heavy atom. The summed E-state index contributed by atoms with van der Waals surface area (Å²) in [4.78, 5) is 6.65. The van der Waals surface area contributed by atoms with Crippen LogP contribution in [-0.4, -0.2) is 4.98 Å². The minimum atomic E-state index is 0.843. The Labute approximate surface area is 243 Å². The number of rotatable bonds is 5. The monoisotopic (exact) mass is 538 g/mol. The van der Waals surface area contributed by atoms with E-state index in [1.54, 1.807) is 6.20 Å². The fourth-order valence-corrected chi connectivity index (χ4v) is 5.80. The fourth-order valence-electron chi connectivity index (χ4n) is 5.80. The maximum absolute atomic E-state index is 6.10. The second-order valence-electron chi connectivity index (χ2n) is 10.5. The van der Waals surface area contributed by atoms with E-state index in [0.717, 1.165) is 39.0 Å². The van der Waals surface area contributed by atoms with Crippen LogP contribution in [0, 0.1) is 0 Å². The van der Waals surface area contributed by atoms with Gasteiger partial charge in [0.1, 0.15) is 11.2 Å². The molecule has 8 rings (SSSR count). The van der Waals surface area contributed by atoms with Crippen LogP contribution < -0.4 is 4.90 Å². The second-order valence-corrected chi connectivity index (χ2v) is 10.5. The Hall–Kier alpha value is -5.67. The van der Waals surface area contributed by atoms with E-state index in [0.29, 0.717) is 0 Å². The van der Waals surface area contributed by atoms with Crippen LogP contribution in [0.4, 0.5) is 17.1 Å². The Bertz CT molecular complexity index is 2180. The lowest BCUT2D eigenvalue weighted by Gasteiger charge is -2.26. The third kappa shape index (κ3) is 4.29. The van der Waals surface area contributed by atoms with Gasteiger partial charge in [0.05, 0.1) is 0 Å². The first-order chi connectivity index (χ1) is 20.8. The van der Waals surface area contributed by atoms with Gasteiger partial charge in [-0.15, -0.1) is 0 Å². The lowest BCUT2D eigenvalue weighted by atomic mass is 10.0. The van der Waals surface area contributed by atoms with E-state index in [1.165, 1.54) is 33.0 Å². The summed E-state index contributed by atoms with van der Waals surface area (Å²) in [6.45, 7) is 0. The van der Waals surface area contributed by atoms with Gasteiger partial charge in [-0.25, -0.2) is 0 Å². The molecule has 2 heterocycles. The molecule has 0 aliphatic carbocycles. The number of benzene rings is 6. The summed E-state index contributed by atoms with van der Waals surface area (Å²) in [6, 6.07) is 51.5. The molecule has 0 fully saturated rings. The van der Waals surface area contributed by atoms with Gasteiger partial charge in [-0.1, -0.05) is 91.0 Å². The van der Waals surface area contributed by atoms with Crippen molar-refractivity contribution >= 4 is 49.8 Å². The molecule has 0 N–H and O–H groups in total. The van der Waals surface area contributed by atoms with E-state index in [-0.39, 0.29) is 0 Å². The average molecular weight is 539 g/mol. The number of nitrogens with zero attached hydrogens (tertiary/aromatic N) is 2. The molecule has 0 spiro atoms. The largest absolute Gasteiger partial charge is 0.456 e. The van der Waals surface area contributed by atoms with Gasteiger partial charge in [-0.3, -0.25) is 4.98 Å². The molecule has 0 atom stereocenters. The molecule has 0 aliphatic heterocycles. The molecule has 2 aromatic heterocycles. The van der Waals surface area contributed by atoms with Gasteiger partial charge in [0.2, 0.25) is 0 Å². The predicted molar refractivity (Wildman–Crippen MR) is 175 cm³/mol. The average Bonchev–Trinajstić information content (AvgIpc) is 3.44. The Morgan fingerprint density at radius 2 is 1.02 bits per heavy atom. The van der Waals surface area contributed by atoms with Crippen LogP contribution in [0.3, 0.4) is 0 Å². The molecule has 0 amide bonds. The number of furan rings is 1. The summed E-state index contributed by atoms with van der Waals surface area (Å²) < 4.78 is 6.10. The van der Waals surface area contributed by atoms with Crippen LogP contribution in [-0.2, 0) is 0 Å². The van der Waals surface area contributed by atoms with Crippen molar-refractivity contribution in [2.75, 3.05) is 4.90 Å². The summed E-state index contributed by atoms with van der Waals surface area (Å²) >= 11 is 0. The van der Waals surface area contributed by atoms with Crippen molar-refractivity contribution in [3.63, 3.8) is 0 Å². The summed E-state index contributed by atoms with van der Waals surface area (Å²) in [6.07, 6.45) is 3.64. The van der Waals surface area contributed by atoms with Crippen LogP contribution in [0.15, 0.2) is 162 Å². The van der Waals surface area contributed by atoms with Crippen LogP contribution in [0.1, 0.15) is 0 Å². The zero-order valence-electron chi connectivity index (χ0n) is 22.8. The second kappa shape index (κ2) is 10.1. The number of aromatic nitrogens is 1. The van der Waals surface area contributed by atoms with Crippen molar-refractivity contribution in [1.29, 1.82) is 0 Å². The molecule has 0 saturated carbocycles. The summed E-state index contributed by atoms with van der Waals surface area (Å²) in [5.74, 6) is 0. The number of pyridine rings is 1. The van der Waals surface area contributed by atoms with Crippen molar-refractivity contribution < 1.29 is 4.42 Å². The van der Waals surface area contributed by atoms with Crippen molar-refractivity contribution in [2.45, 2.75) is 0 Å². The van der Waals surface area contributed by atoms with Gasteiger partial charge >= 0.3 is 0 Å². The highest BCUT2D eigenvalue weighted by Gasteiger charge is 2.16. The van der Waals surface area contributed by atoms with Gasteiger partial charge in [-0.2, -0.15) is 0 Å². The van der Waals surface area contributed by atoms with Gasteiger partial charge in [0.15, 0.2) is 0 Å². The van der Waals surface area contributed by atoms with Gasteiger partial charge in [0.25, 0.3) is 0 Å². The summed E-state index contributed by atoms with van der Waals surface area (Å²) in [5, 5.41) is 4.56. The van der Waals surface area contributed by atoms with Gasteiger partial charge < -0.3 is 9.32 Å². The molecule has 0 unspecified atom stereocenters. The first-order valence-electron chi connectivity index (χ1n) is 14.1. The third-order valence-corrected chi connectivity index (χ3v) is 7.95. The van der Waals surface area contributed by atoms with Crippen LogP contribution in [0.2, 0.25) is 0 Å². The highest BCUT2D eigenvalue weighted by atomic mass is 16.3. The fraction of sp³-hybridized carbons (Fsp3) is 0. The van der Waals surface area contributed by atoms with E-state index in [1.807, 2.05) is 18.3 Å². The Morgan fingerprint density at radius 1 is 0.429 bits per heavy atom. The molecule has 0 aliphatic rings. The number of fused-ring (bicyclic) bond motifs is 4. The van der Waals surface area contributed by atoms with E-state index < -0.39 is 0 Å². The number of hydrogen-bond donors (Lipinski definition) is 0. The molecule has 198 valence electrons. The normalized spacial score (nSPS) is 11.3. The highest BCUT2D eigenvalue weighted by molar-refractivity contribution is 6.06. The van der Waals surface area contributed by atoms with E-state index in [9.17, 15) is 0 Å². The molecule has 3 nitrogen and oxygen atoms in total.